The van der Waals surface area contributed by atoms with Crippen LogP contribution in [0.1, 0.15) is 5.56 Å². The SMILES string of the molecule is C=CCN(CC=C)S(=O)(=O)c1cc(Br)c(C)cc1Br. The van der Waals surface area contributed by atoms with Gasteiger partial charge in [0.2, 0.25) is 10.0 Å². The topological polar surface area (TPSA) is 37.4 Å². The van der Waals surface area contributed by atoms with Gasteiger partial charge < -0.3 is 0 Å². The number of aryl methyl sites for hydroxylation is 1. The zero-order valence-electron chi connectivity index (χ0n) is 10.6. The Balaban J connectivity index is 3.36. The Bertz CT molecular complexity index is 587. The summed E-state index contributed by atoms with van der Waals surface area (Å²) >= 11 is 6.66. The van der Waals surface area contributed by atoms with Gasteiger partial charge in [-0.15, -0.1) is 13.2 Å². The van der Waals surface area contributed by atoms with E-state index in [0.717, 1.165) is 10.0 Å². The van der Waals surface area contributed by atoms with E-state index in [1.165, 1.54) is 4.31 Å². The van der Waals surface area contributed by atoms with Gasteiger partial charge in [0.1, 0.15) is 0 Å². The van der Waals surface area contributed by atoms with E-state index in [2.05, 4.69) is 45.0 Å². The molecule has 19 heavy (non-hydrogen) atoms. The van der Waals surface area contributed by atoms with Crippen LogP contribution in [0.25, 0.3) is 0 Å². The lowest BCUT2D eigenvalue weighted by Gasteiger charge is -2.20. The first-order valence-electron chi connectivity index (χ1n) is 5.52. The van der Waals surface area contributed by atoms with Crippen molar-refractivity contribution < 1.29 is 8.42 Å². The number of rotatable bonds is 6. The van der Waals surface area contributed by atoms with Gasteiger partial charge in [-0.2, -0.15) is 4.31 Å². The van der Waals surface area contributed by atoms with Crippen molar-refractivity contribution in [1.82, 2.24) is 4.31 Å². The third kappa shape index (κ3) is 3.78. The maximum Gasteiger partial charge on any atom is 0.244 e. The first kappa shape index (κ1) is 16.6. The molecule has 0 unspecified atom stereocenters. The molecule has 0 bridgehead atoms. The highest BCUT2D eigenvalue weighted by Gasteiger charge is 2.25. The lowest BCUT2D eigenvalue weighted by Crippen LogP contribution is -2.31. The molecule has 0 amide bonds. The highest BCUT2D eigenvalue weighted by Crippen LogP contribution is 2.30. The summed E-state index contributed by atoms with van der Waals surface area (Å²) in [6.07, 6.45) is 3.11. The molecule has 0 radical (unpaired) electrons. The Morgan fingerprint density at radius 1 is 1.16 bits per heavy atom. The molecule has 0 spiro atoms. The van der Waals surface area contributed by atoms with E-state index in [0.29, 0.717) is 4.47 Å². The van der Waals surface area contributed by atoms with Gasteiger partial charge in [0.15, 0.2) is 0 Å². The molecule has 1 aromatic rings. The number of halogens is 2. The maximum atomic E-state index is 12.6. The molecule has 0 aliphatic heterocycles. The van der Waals surface area contributed by atoms with Crippen molar-refractivity contribution >= 4 is 41.9 Å². The van der Waals surface area contributed by atoms with Gasteiger partial charge in [0, 0.05) is 22.0 Å². The summed E-state index contributed by atoms with van der Waals surface area (Å²) in [5, 5.41) is 0. The molecule has 0 saturated heterocycles. The van der Waals surface area contributed by atoms with Crippen LogP contribution >= 0.6 is 31.9 Å². The van der Waals surface area contributed by atoms with Crippen LogP contribution in [0.4, 0.5) is 0 Å². The minimum Gasteiger partial charge on any atom is -0.207 e. The van der Waals surface area contributed by atoms with Crippen LogP contribution in [0.2, 0.25) is 0 Å². The van der Waals surface area contributed by atoms with E-state index < -0.39 is 10.0 Å². The van der Waals surface area contributed by atoms with Crippen LogP contribution < -0.4 is 0 Å². The average molecular weight is 409 g/mol. The molecule has 0 aliphatic carbocycles. The largest absolute Gasteiger partial charge is 0.244 e. The van der Waals surface area contributed by atoms with E-state index in [9.17, 15) is 8.42 Å². The van der Waals surface area contributed by atoms with Crippen LogP contribution in [-0.4, -0.2) is 25.8 Å². The average Bonchev–Trinajstić information content (AvgIpc) is 2.33. The normalized spacial score (nSPS) is 11.6. The smallest absolute Gasteiger partial charge is 0.207 e. The summed E-state index contributed by atoms with van der Waals surface area (Å²) in [7, 11) is -3.58. The second-order valence-electron chi connectivity index (χ2n) is 3.93. The second-order valence-corrected chi connectivity index (χ2v) is 7.55. The van der Waals surface area contributed by atoms with Gasteiger partial charge >= 0.3 is 0 Å². The third-order valence-corrected chi connectivity index (χ3v) is 6.14. The highest BCUT2D eigenvalue weighted by atomic mass is 79.9. The van der Waals surface area contributed by atoms with Crippen molar-refractivity contribution in [3.05, 3.63) is 52.0 Å². The number of sulfonamides is 1. The fourth-order valence-electron chi connectivity index (χ4n) is 1.52. The van der Waals surface area contributed by atoms with Crippen molar-refractivity contribution in [3.8, 4) is 0 Å². The van der Waals surface area contributed by atoms with Gasteiger partial charge in [0.05, 0.1) is 4.90 Å². The van der Waals surface area contributed by atoms with E-state index in [4.69, 9.17) is 0 Å². The number of nitrogens with zero attached hydrogens (tertiary/aromatic N) is 1. The highest BCUT2D eigenvalue weighted by molar-refractivity contribution is 9.11. The molecule has 104 valence electrons. The molecular weight excluding hydrogens is 394 g/mol. The fourth-order valence-corrected chi connectivity index (χ4v) is 4.54. The Labute approximate surface area is 131 Å². The van der Waals surface area contributed by atoms with Crippen molar-refractivity contribution in [3.63, 3.8) is 0 Å². The first-order valence-corrected chi connectivity index (χ1v) is 8.54. The van der Waals surface area contributed by atoms with Crippen molar-refractivity contribution in [1.29, 1.82) is 0 Å². The van der Waals surface area contributed by atoms with E-state index in [-0.39, 0.29) is 18.0 Å². The molecule has 3 nitrogen and oxygen atoms in total. The van der Waals surface area contributed by atoms with Crippen LogP contribution in [0, 0.1) is 6.92 Å². The molecule has 1 rings (SSSR count). The Morgan fingerprint density at radius 2 is 1.68 bits per heavy atom. The second kappa shape index (κ2) is 6.83. The predicted octanol–water partition coefficient (Wildman–Crippen LogP) is 3.88. The monoisotopic (exact) mass is 407 g/mol. The number of hydrogen-bond donors (Lipinski definition) is 0. The first-order chi connectivity index (χ1) is 8.84. The van der Waals surface area contributed by atoms with Crippen molar-refractivity contribution in [2.45, 2.75) is 11.8 Å². The quantitative estimate of drug-likeness (QED) is 0.669. The molecule has 0 saturated carbocycles. The number of hydrogen-bond acceptors (Lipinski definition) is 2. The minimum absolute atomic E-state index is 0.230. The maximum absolute atomic E-state index is 12.6. The fraction of sp³-hybridized carbons (Fsp3) is 0.231. The summed E-state index contributed by atoms with van der Waals surface area (Å²) in [5.74, 6) is 0. The predicted molar refractivity (Wildman–Crippen MR) is 85.7 cm³/mol. The molecule has 1 aromatic carbocycles. The third-order valence-electron chi connectivity index (χ3n) is 2.50. The summed E-state index contributed by atoms with van der Waals surface area (Å²) in [6.45, 7) is 9.55. The molecule has 0 N–H and O–H groups in total. The molecule has 0 fully saturated rings. The van der Waals surface area contributed by atoms with Gasteiger partial charge in [-0.3, -0.25) is 0 Å². The Kier molecular flexibility index (Phi) is 5.98. The van der Waals surface area contributed by atoms with Crippen molar-refractivity contribution in [2.75, 3.05) is 13.1 Å². The zero-order valence-corrected chi connectivity index (χ0v) is 14.6. The van der Waals surface area contributed by atoms with Crippen molar-refractivity contribution in [2.24, 2.45) is 0 Å². The minimum atomic E-state index is -3.58. The van der Waals surface area contributed by atoms with Crippen LogP contribution in [0.5, 0.6) is 0 Å². The summed E-state index contributed by atoms with van der Waals surface area (Å²) in [6, 6.07) is 3.38. The lowest BCUT2D eigenvalue weighted by atomic mass is 10.2. The van der Waals surface area contributed by atoms with Crippen LogP contribution in [-0.2, 0) is 10.0 Å². The lowest BCUT2D eigenvalue weighted by molar-refractivity contribution is 0.474. The van der Waals surface area contributed by atoms with Gasteiger partial charge in [0.25, 0.3) is 0 Å². The molecule has 0 aromatic heterocycles. The van der Waals surface area contributed by atoms with Crippen LogP contribution in [0.15, 0.2) is 51.3 Å². The van der Waals surface area contributed by atoms with Gasteiger partial charge in [-0.25, -0.2) is 8.42 Å². The Hall–Kier alpha value is -0.430. The Morgan fingerprint density at radius 3 is 2.16 bits per heavy atom. The summed E-state index contributed by atoms with van der Waals surface area (Å²) < 4.78 is 27.8. The summed E-state index contributed by atoms with van der Waals surface area (Å²) in [5.41, 5.74) is 0.963. The standard InChI is InChI=1S/C13H15Br2NO2S/c1-4-6-16(7-5-2)19(17,18)13-9-11(14)10(3)8-12(13)15/h4-5,8-9H,1-2,6-7H2,3H3. The molecule has 6 heteroatoms. The van der Waals surface area contributed by atoms with E-state index in [1.54, 1.807) is 24.3 Å². The molecule has 0 atom stereocenters. The van der Waals surface area contributed by atoms with E-state index in [1.807, 2.05) is 6.92 Å². The van der Waals surface area contributed by atoms with E-state index >= 15 is 0 Å². The molecule has 0 aliphatic rings. The van der Waals surface area contributed by atoms with Gasteiger partial charge in [-0.1, -0.05) is 28.1 Å². The molecule has 0 heterocycles. The van der Waals surface area contributed by atoms with Gasteiger partial charge in [-0.05, 0) is 40.5 Å². The van der Waals surface area contributed by atoms with Crippen LogP contribution in [0.3, 0.4) is 0 Å². The molecular formula is C13H15Br2NO2S. The number of benzene rings is 1. The zero-order chi connectivity index (χ0) is 14.6. The summed E-state index contributed by atoms with van der Waals surface area (Å²) in [4.78, 5) is 0.230.